The van der Waals surface area contributed by atoms with Crippen molar-refractivity contribution in [2.75, 3.05) is 4.90 Å². The normalized spacial score (nSPS) is 10.7. The van der Waals surface area contributed by atoms with Gasteiger partial charge >= 0.3 is 11.8 Å². The maximum absolute atomic E-state index is 12.1. The van der Waals surface area contributed by atoms with E-state index in [1.807, 2.05) is 37.5 Å². The predicted molar refractivity (Wildman–Crippen MR) is 95.8 cm³/mol. The standard InChI is InChI=1S/C16H17N5O3S/c1-9-4-5-13(6-10(9)2)21(11(3)22)16-19-12(8-25-16)7-18-20-15(24)14(17)23/h4-8H,1-3H3,(H2,17,23)(H,20,24)/b18-7-. The van der Waals surface area contributed by atoms with E-state index in [1.165, 1.54) is 29.4 Å². The second kappa shape index (κ2) is 7.67. The van der Waals surface area contributed by atoms with Crippen LogP contribution in [0.4, 0.5) is 10.8 Å². The lowest BCUT2D eigenvalue weighted by molar-refractivity contribution is -0.137. The minimum atomic E-state index is -1.13. The highest BCUT2D eigenvalue weighted by Gasteiger charge is 2.18. The Labute approximate surface area is 148 Å². The number of nitrogens with one attached hydrogen (secondary N) is 1. The molecule has 0 unspecified atom stereocenters. The number of benzene rings is 1. The Bertz CT molecular complexity index is 859. The molecule has 8 nitrogen and oxygen atoms in total. The Hall–Kier alpha value is -3.07. The van der Waals surface area contributed by atoms with Gasteiger partial charge in [0.05, 0.1) is 17.6 Å². The van der Waals surface area contributed by atoms with Crippen molar-refractivity contribution in [3.05, 3.63) is 40.4 Å². The highest BCUT2D eigenvalue weighted by atomic mass is 32.1. The number of nitrogens with zero attached hydrogens (tertiary/aromatic N) is 3. The molecule has 0 saturated carbocycles. The Morgan fingerprint density at radius 1 is 1.28 bits per heavy atom. The zero-order valence-electron chi connectivity index (χ0n) is 13.9. The summed E-state index contributed by atoms with van der Waals surface area (Å²) in [6.07, 6.45) is 1.26. The first-order chi connectivity index (χ1) is 11.8. The summed E-state index contributed by atoms with van der Waals surface area (Å²) in [5.41, 5.74) is 10.1. The maximum Gasteiger partial charge on any atom is 0.329 e. The number of carbonyl (C=O) groups is 3. The maximum atomic E-state index is 12.1. The summed E-state index contributed by atoms with van der Waals surface area (Å²) >= 11 is 1.25. The average molecular weight is 359 g/mol. The van der Waals surface area contributed by atoms with E-state index < -0.39 is 11.8 Å². The number of primary amides is 1. The first kappa shape index (κ1) is 18.3. The van der Waals surface area contributed by atoms with Crippen LogP contribution in [-0.2, 0) is 14.4 Å². The van der Waals surface area contributed by atoms with Crippen molar-refractivity contribution in [1.82, 2.24) is 10.4 Å². The van der Waals surface area contributed by atoms with Gasteiger partial charge in [-0.2, -0.15) is 5.10 Å². The highest BCUT2D eigenvalue weighted by Crippen LogP contribution is 2.29. The van der Waals surface area contributed by atoms with Gasteiger partial charge in [0, 0.05) is 12.3 Å². The van der Waals surface area contributed by atoms with Crippen molar-refractivity contribution in [3.63, 3.8) is 0 Å². The fourth-order valence-electron chi connectivity index (χ4n) is 1.94. The Kier molecular flexibility index (Phi) is 5.60. The van der Waals surface area contributed by atoms with Gasteiger partial charge in [-0.3, -0.25) is 19.3 Å². The van der Waals surface area contributed by atoms with E-state index >= 15 is 0 Å². The summed E-state index contributed by atoms with van der Waals surface area (Å²) in [6.45, 7) is 5.42. The topological polar surface area (TPSA) is 118 Å². The van der Waals surface area contributed by atoms with Crippen molar-refractivity contribution in [2.45, 2.75) is 20.8 Å². The van der Waals surface area contributed by atoms with Crippen molar-refractivity contribution in [3.8, 4) is 0 Å². The second-order valence-electron chi connectivity index (χ2n) is 5.24. The van der Waals surface area contributed by atoms with Crippen LogP contribution in [0, 0.1) is 13.8 Å². The number of aryl methyl sites for hydroxylation is 2. The molecule has 1 heterocycles. The van der Waals surface area contributed by atoms with Crippen LogP contribution in [0.1, 0.15) is 23.7 Å². The Balaban J connectivity index is 2.23. The molecule has 130 valence electrons. The SMILES string of the molecule is CC(=O)N(c1ccc(C)c(C)c1)c1nc(/C=N\NC(=O)C(N)=O)cs1. The van der Waals surface area contributed by atoms with E-state index in [1.54, 1.807) is 5.38 Å². The first-order valence-electron chi connectivity index (χ1n) is 7.26. The van der Waals surface area contributed by atoms with Crippen molar-refractivity contribution >= 4 is 46.1 Å². The summed E-state index contributed by atoms with van der Waals surface area (Å²) in [4.78, 5) is 39.5. The van der Waals surface area contributed by atoms with E-state index in [4.69, 9.17) is 5.73 Å². The van der Waals surface area contributed by atoms with Gasteiger partial charge in [0.1, 0.15) is 0 Å². The zero-order chi connectivity index (χ0) is 18.6. The number of carbonyl (C=O) groups excluding carboxylic acids is 3. The van der Waals surface area contributed by atoms with Crippen LogP contribution < -0.4 is 16.1 Å². The van der Waals surface area contributed by atoms with Gasteiger partial charge in [-0.05, 0) is 37.1 Å². The Morgan fingerprint density at radius 2 is 2.00 bits per heavy atom. The molecule has 1 aromatic heterocycles. The van der Waals surface area contributed by atoms with Gasteiger partial charge in [0.25, 0.3) is 0 Å². The van der Waals surface area contributed by atoms with Crippen LogP contribution in [-0.4, -0.2) is 28.9 Å². The van der Waals surface area contributed by atoms with Crippen LogP contribution >= 0.6 is 11.3 Å². The number of hydrogen-bond donors (Lipinski definition) is 2. The van der Waals surface area contributed by atoms with Crippen molar-refractivity contribution in [2.24, 2.45) is 10.8 Å². The lowest BCUT2D eigenvalue weighted by Crippen LogP contribution is -2.32. The quantitative estimate of drug-likeness (QED) is 0.487. The van der Waals surface area contributed by atoms with Crippen LogP contribution in [0.3, 0.4) is 0 Å². The fraction of sp³-hybridized carbons (Fsp3) is 0.188. The lowest BCUT2D eigenvalue weighted by atomic mass is 10.1. The molecule has 0 aliphatic carbocycles. The third-order valence-corrected chi connectivity index (χ3v) is 4.20. The van der Waals surface area contributed by atoms with Crippen LogP contribution in [0.2, 0.25) is 0 Å². The number of amides is 3. The molecule has 3 amide bonds. The molecule has 3 N–H and O–H groups in total. The molecule has 0 spiro atoms. The lowest BCUT2D eigenvalue weighted by Gasteiger charge is -2.19. The molecule has 0 aliphatic rings. The largest absolute Gasteiger partial charge is 0.361 e. The molecule has 0 bridgehead atoms. The summed E-state index contributed by atoms with van der Waals surface area (Å²) in [7, 11) is 0. The number of anilines is 2. The second-order valence-corrected chi connectivity index (χ2v) is 6.08. The van der Waals surface area contributed by atoms with Gasteiger partial charge < -0.3 is 5.73 Å². The molecular formula is C16H17N5O3S. The molecule has 2 aromatic rings. The van der Waals surface area contributed by atoms with Crippen molar-refractivity contribution in [1.29, 1.82) is 0 Å². The monoisotopic (exact) mass is 359 g/mol. The molecule has 0 aliphatic heterocycles. The van der Waals surface area contributed by atoms with Gasteiger partial charge in [-0.15, -0.1) is 11.3 Å². The number of nitrogens with two attached hydrogens (primary N) is 1. The number of rotatable bonds is 4. The van der Waals surface area contributed by atoms with Crippen LogP contribution in [0.15, 0.2) is 28.7 Å². The van der Waals surface area contributed by atoms with Gasteiger partial charge in [0.15, 0.2) is 5.13 Å². The van der Waals surface area contributed by atoms with E-state index in [-0.39, 0.29) is 5.91 Å². The summed E-state index contributed by atoms with van der Waals surface area (Å²) in [5, 5.41) is 5.74. The van der Waals surface area contributed by atoms with Crippen molar-refractivity contribution < 1.29 is 14.4 Å². The van der Waals surface area contributed by atoms with E-state index in [9.17, 15) is 14.4 Å². The summed E-state index contributed by atoms with van der Waals surface area (Å²) in [5.74, 6) is -2.33. The molecule has 2 rings (SSSR count). The number of thiazole rings is 1. The predicted octanol–water partition coefficient (Wildman–Crippen LogP) is 1.38. The van der Waals surface area contributed by atoms with E-state index in [0.29, 0.717) is 10.8 Å². The number of hydrazone groups is 1. The van der Waals surface area contributed by atoms with Crippen LogP contribution in [0.5, 0.6) is 0 Å². The van der Waals surface area contributed by atoms with Gasteiger partial charge in [0.2, 0.25) is 5.91 Å². The fourth-order valence-corrected chi connectivity index (χ4v) is 2.78. The summed E-state index contributed by atoms with van der Waals surface area (Å²) in [6, 6.07) is 5.71. The molecular weight excluding hydrogens is 342 g/mol. The first-order valence-corrected chi connectivity index (χ1v) is 8.14. The minimum Gasteiger partial charge on any atom is -0.361 e. The molecule has 1 aromatic carbocycles. The number of hydrogen-bond acceptors (Lipinski definition) is 6. The highest BCUT2D eigenvalue weighted by molar-refractivity contribution is 7.14. The number of aromatic nitrogens is 1. The molecule has 0 atom stereocenters. The molecule has 0 fully saturated rings. The molecule has 0 radical (unpaired) electrons. The Morgan fingerprint density at radius 3 is 2.60 bits per heavy atom. The zero-order valence-corrected chi connectivity index (χ0v) is 14.8. The molecule has 25 heavy (non-hydrogen) atoms. The summed E-state index contributed by atoms with van der Waals surface area (Å²) < 4.78 is 0. The third-order valence-electron chi connectivity index (χ3n) is 3.35. The van der Waals surface area contributed by atoms with Crippen LogP contribution in [0.25, 0.3) is 0 Å². The van der Waals surface area contributed by atoms with E-state index in [0.717, 1.165) is 16.8 Å². The smallest absolute Gasteiger partial charge is 0.329 e. The average Bonchev–Trinajstić information content (AvgIpc) is 2.98. The van der Waals surface area contributed by atoms with Gasteiger partial charge in [-0.25, -0.2) is 10.4 Å². The molecule has 9 heteroatoms. The van der Waals surface area contributed by atoms with Gasteiger partial charge in [-0.1, -0.05) is 6.07 Å². The third kappa shape index (κ3) is 4.48. The molecule has 0 saturated heterocycles. The minimum absolute atomic E-state index is 0.178. The van der Waals surface area contributed by atoms with E-state index in [2.05, 4.69) is 10.1 Å².